The largest absolute Gasteiger partial charge is 0.367 e. The molecule has 0 bridgehead atoms. The van der Waals surface area contributed by atoms with Crippen molar-refractivity contribution in [3.8, 4) is 0 Å². The Balaban J connectivity index is 0.744. The van der Waals surface area contributed by atoms with E-state index in [0.717, 1.165) is 90.5 Å². The normalized spacial score (nSPS) is 14.2. The number of hydrogen-bond acceptors (Lipinski definition) is 15. The zero-order valence-corrected chi connectivity index (χ0v) is 37.8. The van der Waals surface area contributed by atoms with Gasteiger partial charge in [0.15, 0.2) is 0 Å². The van der Waals surface area contributed by atoms with Gasteiger partial charge in [-0.2, -0.15) is 9.97 Å². The van der Waals surface area contributed by atoms with Crippen molar-refractivity contribution in [1.29, 1.82) is 0 Å². The molecule has 2 fully saturated rings. The van der Waals surface area contributed by atoms with Gasteiger partial charge in [-0.3, -0.25) is 19.5 Å². The highest BCUT2D eigenvalue weighted by atomic mass is 35.5. The Hall–Kier alpha value is -7.57. The van der Waals surface area contributed by atoms with E-state index in [0.29, 0.717) is 53.3 Å². The van der Waals surface area contributed by atoms with Gasteiger partial charge in [-0.25, -0.2) is 24.3 Å². The number of nitrogens with zero attached hydrogens (tertiary/aromatic N) is 11. The van der Waals surface area contributed by atoms with Crippen LogP contribution in [0.2, 0.25) is 5.02 Å². The lowest BCUT2D eigenvalue weighted by Crippen LogP contribution is -2.47. The highest BCUT2D eigenvalue weighted by Crippen LogP contribution is 2.31. The summed E-state index contributed by atoms with van der Waals surface area (Å²) in [6.45, 7) is 10.6. The Kier molecular flexibility index (Phi) is 13.5. The van der Waals surface area contributed by atoms with Crippen LogP contribution in [0.3, 0.4) is 0 Å². The van der Waals surface area contributed by atoms with Crippen LogP contribution in [0, 0.1) is 19.7 Å². The molecule has 2 aliphatic heterocycles. The fraction of sp³-hybridized carbons (Fsp3) is 0.271. The van der Waals surface area contributed by atoms with Crippen molar-refractivity contribution in [2.45, 2.75) is 33.2 Å². The standard InChI is InChI=1S/C48H49ClFN15O2/c1-31-37(5-3-7-39(31)58-45-52-29-54-47(60-45)64-21-19-62(20-22-64)28-33-9-12-35(50)13-10-33)56-43(66)15-16-44(67)57-38-6-4-8-40(32(38)2)59-46-53-30-55-48(61-46)65-25-23-63(24-26-65)42-17-18-51-41-27-34(49)11-14-36(41)42/h3-14,17-18,27,29-30H,15-16,19-26,28H2,1-2H3,(H,56,66)(H,57,67)(H,52,54,58,60)(H,53,55,59,61). The first-order chi connectivity index (χ1) is 32.6. The van der Waals surface area contributed by atoms with Gasteiger partial charge in [0.2, 0.25) is 35.6 Å². The average molecular weight is 922 g/mol. The van der Waals surface area contributed by atoms with Crippen molar-refractivity contribution in [2.24, 2.45) is 0 Å². The maximum atomic E-state index is 13.3. The molecule has 17 nitrogen and oxygen atoms in total. The molecule has 4 aromatic carbocycles. The van der Waals surface area contributed by atoms with Gasteiger partial charge >= 0.3 is 0 Å². The molecule has 2 amide bonds. The van der Waals surface area contributed by atoms with Crippen LogP contribution in [0.25, 0.3) is 10.9 Å². The molecule has 0 atom stereocenters. The van der Waals surface area contributed by atoms with E-state index in [1.54, 1.807) is 0 Å². The number of benzene rings is 4. The number of hydrogen-bond donors (Lipinski definition) is 4. The molecule has 0 aliphatic carbocycles. The summed E-state index contributed by atoms with van der Waals surface area (Å²) in [6, 6.07) is 25.5. The predicted octanol–water partition coefficient (Wildman–Crippen LogP) is 7.51. The van der Waals surface area contributed by atoms with E-state index >= 15 is 0 Å². The summed E-state index contributed by atoms with van der Waals surface area (Å²) in [4.78, 5) is 66.7. The predicted molar refractivity (Wildman–Crippen MR) is 260 cm³/mol. The molecule has 3 aromatic heterocycles. The molecule has 0 spiro atoms. The molecule has 9 rings (SSSR count). The Morgan fingerprint density at radius 2 is 1.13 bits per heavy atom. The second kappa shape index (κ2) is 20.3. The van der Waals surface area contributed by atoms with Crippen LogP contribution in [0.4, 0.5) is 56.6 Å². The van der Waals surface area contributed by atoms with E-state index in [4.69, 9.17) is 16.6 Å². The van der Waals surface area contributed by atoms with Gasteiger partial charge in [0.25, 0.3) is 0 Å². The van der Waals surface area contributed by atoms with Crippen molar-refractivity contribution < 1.29 is 14.0 Å². The van der Waals surface area contributed by atoms with Gasteiger partial charge in [-0.1, -0.05) is 35.9 Å². The summed E-state index contributed by atoms with van der Waals surface area (Å²) in [7, 11) is 0. The first kappa shape index (κ1) is 44.6. The molecule has 2 aliphatic rings. The van der Waals surface area contributed by atoms with E-state index in [1.165, 1.54) is 24.8 Å². The number of aromatic nitrogens is 7. The number of rotatable bonds is 14. The van der Waals surface area contributed by atoms with Crippen LogP contribution < -0.4 is 36.0 Å². The van der Waals surface area contributed by atoms with Crippen LogP contribution >= 0.6 is 11.6 Å². The number of carbonyl (C=O) groups excluding carboxylic acids is 2. The van der Waals surface area contributed by atoms with Crippen molar-refractivity contribution >= 4 is 86.5 Å². The average Bonchev–Trinajstić information content (AvgIpc) is 3.34. The lowest BCUT2D eigenvalue weighted by atomic mass is 10.1. The molecular formula is C48H49ClFN15O2. The van der Waals surface area contributed by atoms with Gasteiger partial charge in [0.05, 0.1) is 5.52 Å². The second-order valence-corrected chi connectivity index (χ2v) is 16.8. The number of fused-ring (bicyclic) bond motifs is 1. The van der Waals surface area contributed by atoms with Crippen molar-refractivity contribution in [3.05, 3.63) is 131 Å². The van der Waals surface area contributed by atoms with Crippen LogP contribution in [-0.2, 0) is 16.1 Å². The lowest BCUT2D eigenvalue weighted by molar-refractivity contribution is -0.121. The molecule has 0 radical (unpaired) electrons. The highest BCUT2D eigenvalue weighted by Gasteiger charge is 2.23. The van der Waals surface area contributed by atoms with Crippen LogP contribution in [-0.4, -0.2) is 104 Å². The minimum absolute atomic E-state index is 0.0239. The number of halogens is 2. The first-order valence-electron chi connectivity index (χ1n) is 22.1. The van der Waals surface area contributed by atoms with Crippen molar-refractivity contribution in [1.82, 2.24) is 39.8 Å². The van der Waals surface area contributed by atoms with E-state index in [9.17, 15) is 14.0 Å². The SMILES string of the molecule is Cc1c(NC(=O)CCC(=O)Nc2cccc(Nc3ncnc(N4CCN(c5ccnc6cc(Cl)ccc56)CC4)n3)c2C)cccc1Nc1ncnc(N2CCN(Cc3ccc(F)cc3)CC2)n1. The quantitative estimate of drug-likeness (QED) is 0.0840. The van der Waals surface area contributed by atoms with Crippen LogP contribution in [0.5, 0.6) is 0 Å². The summed E-state index contributed by atoms with van der Waals surface area (Å²) in [5.74, 6) is 1.06. The van der Waals surface area contributed by atoms with Crippen LogP contribution in [0.15, 0.2) is 104 Å². The van der Waals surface area contributed by atoms with E-state index in [2.05, 4.69) is 70.8 Å². The number of piperazine rings is 2. The zero-order valence-electron chi connectivity index (χ0n) is 37.1. The lowest BCUT2D eigenvalue weighted by Gasteiger charge is -2.36. The van der Waals surface area contributed by atoms with Gasteiger partial charge in [0.1, 0.15) is 18.5 Å². The fourth-order valence-corrected chi connectivity index (χ4v) is 8.36. The summed E-state index contributed by atoms with van der Waals surface area (Å²) >= 11 is 6.21. The number of anilines is 9. The Bertz CT molecular complexity index is 2890. The molecule has 2 saturated heterocycles. The van der Waals surface area contributed by atoms with E-state index in [1.807, 2.05) is 92.8 Å². The smallest absolute Gasteiger partial charge is 0.232 e. The molecule has 0 unspecified atom stereocenters. The molecule has 5 heterocycles. The highest BCUT2D eigenvalue weighted by molar-refractivity contribution is 6.31. The van der Waals surface area contributed by atoms with Gasteiger partial charge in [0, 0.05) is 117 Å². The Morgan fingerprint density at radius 3 is 1.70 bits per heavy atom. The number of pyridine rings is 1. The summed E-state index contributed by atoms with van der Waals surface area (Å²) in [5.41, 5.74) is 7.26. The second-order valence-electron chi connectivity index (χ2n) is 16.4. The third-order valence-electron chi connectivity index (χ3n) is 12.0. The maximum absolute atomic E-state index is 13.3. The van der Waals surface area contributed by atoms with Gasteiger partial charge in [-0.05, 0) is 91.2 Å². The molecule has 0 saturated carbocycles. The molecular weight excluding hydrogens is 873 g/mol. The fourth-order valence-electron chi connectivity index (χ4n) is 8.19. The molecule has 67 heavy (non-hydrogen) atoms. The summed E-state index contributed by atoms with van der Waals surface area (Å²) in [6.07, 6.45) is 4.74. The minimum atomic E-state index is -0.299. The van der Waals surface area contributed by atoms with Crippen LogP contribution in [0.1, 0.15) is 29.5 Å². The monoisotopic (exact) mass is 921 g/mol. The van der Waals surface area contributed by atoms with Crippen molar-refractivity contribution in [2.75, 3.05) is 88.3 Å². The van der Waals surface area contributed by atoms with E-state index < -0.39 is 0 Å². The molecule has 4 N–H and O–H groups in total. The topological polar surface area (TPSA) is 185 Å². The first-order valence-corrected chi connectivity index (χ1v) is 22.5. The molecule has 19 heteroatoms. The number of carbonyl (C=O) groups is 2. The van der Waals surface area contributed by atoms with Gasteiger partial charge in [-0.15, -0.1) is 0 Å². The Morgan fingerprint density at radius 1 is 0.612 bits per heavy atom. The summed E-state index contributed by atoms with van der Waals surface area (Å²) in [5, 5.41) is 14.2. The zero-order chi connectivity index (χ0) is 46.3. The third-order valence-corrected chi connectivity index (χ3v) is 12.2. The number of amides is 2. The molecule has 7 aromatic rings. The summed E-state index contributed by atoms with van der Waals surface area (Å²) < 4.78 is 13.3. The Labute approximate surface area is 391 Å². The maximum Gasteiger partial charge on any atom is 0.232 e. The van der Waals surface area contributed by atoms with E-state index in [-0.39, 0.29) is 30.5 Å². The van der Waals surface area contributed by atoms with Gasteiger partial charge < -0.3 is 36.0 Å². The minimum Gasteiger partial charge on any atom is -0.367 e. The molecule has 342 valence electrons. The number of nitrogens with one attached hydrogen (secondary N) is 4. The van der Waals surface area contributed by atoms with Crippen molar-refractivity contribution in [3.63, 3.8) is 0 Å². The third kappa shape index (κ3) is 10.9.